The predicted molar refractivity (Wildman–Crippen MR) is 63.4 cm³/mol. The molecule has 0 fully saturated rings. The van der Waals surface area contributed by atoms with Crippen LogP contribution in [-0.4, -0.2) is 14.8 Å². The molecule has 0 aliphatic carbocycles. The molecule has 3 nitrogen and oxygen atoms in total. The van der Waals surface area contributed by atoms with Gasteiger partial charge in [-0.25, -0.2) is 4.39 Å². The van der Waals surface area contributed by atoms with Crippen molar-refractivity contribution in [3.05, 3.63) is 34.8 Å². The normalized spacial score (nSPS) is 10.7. The van der Waals surface area contributed by atoms with E-state index in [1.54, 1.807) is 24.5 Å². The minimum atomic E-state index is -0.298. The third-order valence-electron chi connectivity index (χ3n) is 2.27. The Hall–Kier alpha value is -1.23. The summed E-state index contributed by atoms with van der Waals surface area (Å²) in [6.07, 6.45) is 2.58. The zero-order chi connectivity index (χ0) is 11.5. The average Bonchev–Trinajstić information content (AvgIpc) is 2.71. The number of benzene rings is 1. The summed E-state index contributed by atoms with van der Waals surface area (Å²) in [6.45, 7) is 2.84. The van der Waals surface area contributed by atoms with Gasteiger partial charge in [-0.05, 0) is 34.5 Å². The van der Waals surface area contributed by atoms with E-state index in [2.05, 4.69) is 33.1 Å². The van der Waals surface area contributed by atoms with Crippen LogP contribution in [0.5, 0.6) is 0 Å². The predicted octanol–water partition coefficient (Wildman–Crippen LogP) is 3.26. The number of halogens is 2. The summed E-state index contributed by atoms with van der Waals surface area (Å²) in [5.41, 5.74) is 0.473. The van der Waals surface area contributed by atoms with Crippen LogP contribution in [-0.2, 0) is 6.54 Å². The van der Waals surface area contributed by atoms with Crippen LogP contribution >= 0.6 is 15.9 Å². The van der Waals surface area contributed by atoms with Gasteiger partial charge in [0.15, 0.2) is 5.82 Å². The molecule has 0 spiro atoms. The Balaban J connectivity index is 2.50. The van der Waals surface area contributed by atoms with Crippen molar-refractivity contribution in [1.82, 2.24) is 14.8 Å². The summed E-state index contributed by atoms with van der Waals surface area (Å²) in [7, 11) is 0. The quantitative estimate of drug-likeness (QED) is 0.866. The fourth-order valence-electron chi connectivity index (χ4n) is 1.54. The van der Waals surface area contributed by atoms with E-state index in [0.29, 0.717) is 15.9 Å². The summed E-state index contributed by atoms with van der Waals surface area (Å²) in [5, 5.41) is 7.78. The Morgan fingerprint density at radius 1 is 1.44 bits per heavy atom. The second-order valence-corrected chi connectivity index (χ2v) is 4.30. The summed E-state index contributed by atoms with van der Waals surface area (Å²) < 4.78 is 16.2. The summed E-state index contributed by atoms with van der Waals surface area (Å²) >= 11 is 3.16. The molecular formula is C11H11BrFN3. The molecule has 0 unspecified atom stereocenters. The highest BCUT2D eigenvalue weighted by atomic mass is 79.9. The maximum atomic E-state index is 13.9. The van der Waals surface area contributed by atoms with Gasteiger partial charge in [0, 0.05) is 6.54 Å². The number of rotatable bonds is 3. The molecule has 1 aromatic heterocycles. The minimum Gasteiger partial charge on any atom is -0.314 e. The first kappa shape index (κ1) is 11.3. The molecule has 0 N–H and O–H groups in total. The van der Waals surface area contributed by atoms with Crippen molar-refractivity contribution < 1.29 is 4.39 Å². The molecule has 1 aromatic carbocycles. The van der Waals surface area contributed by atoms with E-state index in [4.69, 9.17) is 0 Å². The molecular weight excluding hydrogens is 273 g/mol. The van der Waals surface area contributed by atoms with E-state index in [1.165, 1.54) is 0 Å². The second kappa shape index (κ2) is 4.74. The minimum absolute atomic E-state index is 0.298. The van der Waals surface area contributed by atoms with Crippen LogP contribution in [0.4, 0.5) is 4.39 Å². The highest BCUT2D eigenvalue weighted by Crippen LogP contribution is 2.26. The largest absolute Gasteiger partial charge is 0.314 e. The van der Waals surface area contributed by atoms with Crippen molar-refractivity contribution in [2.45, 2.75) is 19.9 Å². The lowest BCUT2D eigenvalue weighted by Gasteiger charge is -2.06. The molecule has 0 atom stereocenters. The maximum absolute atomic E-state index is 13.9. The third-order valence-corrected chi connectivity index (χ3v) is 2.88. The van der Waals surface area contributed by atoms with E-state index in [9.17, 15) is 4.39 Å². The number of hydrogen-bond donors (Lipinski definition) is 0. The molecule has 0 aliphatic rings. The Morgan fingerprint density at radius 3 is 3.00 bits per heavy atom. The molecule has 0 bridgehead atoms. The van der Waals surface area contributed by atoms with Gasteiger partial charge in [-0.1, -0.05) is 13.0 Å². The topological polar surface area (TPSA) is 30.7 Å². The van der Waals surface area contributed by atoms with Gasteiger partial charge in [-0.15, -0.1) is 10.2 Å². The van der Waals surface area contributed by atoms with Crippen LogP contribution in [0.25, 0.3) is 11.4 Å². The first-order valence-corrected chi connectivity index (χ1v) is 5.85. The number of aryl methyl sites for hydroxylation is 1. The van der Waals surface area contributed by atoms with Gasteiger partial charge in [0.1, 0.15) is 12.1 Å². The molecule has 1 heterocycles. The molecule has 0 amide bonds. The average molecular weight is 284 g/mol. The molecule has 16 heavy (non-hydrogen) atoms. The zero-order valence-electron chi connectivity index (χ0n) is 8.82. The van der Waals surface area contributed by atoms with Crippen LogP contribution in [0.15, 0.2) is 29.0 Å². The highest BCUT2D eigenvalue weighted by Gasteiger charge is 2.13. The van der Waals surface area contributed by atoms with Gasteiger partial charge in [-0.2, -0.15) is 0 Å². The standard InChI is InChI=1S/C11H11BrFN3/c1-2-6-16-7-14-15-11(16)8-4-3-5-9(12)10(8)13/h3-5,7H,2,6H2,1H3. The molecule has 2 aromatic rings. The second-order valence-electron chi connectivity index (χ2n) is 3.45. The Morgan fingerprint density at radius 2 is 2.25 bits per heavy atom. The monoisotopic (exact) mass is 283 g/mol. The smallest absolute Gasteiger partial charge is 0.166 e. The number of nitrogens with zero attached hydrogens (tertiary/aromatic N) is 3. The SMILES string of the molecule is CCCn1cnnc1-c1cccc(Br)c1F. The van der Waals surface area contributed by atoms with Crippen LogP contribution in [0, 0.1) is 5.82 Å². The van der Waals surface area contributed by atoms with E-state index >= 15 is 0 Å². The van der Waals surface area contributed by atoms with Crippen LogP contribution in [0.1, 0.15) is 13.3 Å². The van der Waals surface area contributed by atoms with E-state index in [1.807, 2.05) is 4.57 Å². The molecule has 0 aliphatic heterocycles. The Bertz CT molecular complexity index is 496. The molecule has 0 saturated heterocycles. The molecule has 0 saturated carbocycles. The first-order valence-electron chi connectivity index (χ1n) is 5.06. The van der Waals surface area contributed by atoms with Crippen molar-refractivity contribution in [2.24, 2.45) is 0 Å². The lowest BCUT2D eigenvalue weighted by Crippen LogP contribution is -2.00. The van der Waals surface area contributed by atoms with Gasteiger partial charge in [-0.3, -0.25) is 0 Å². The Kier molecular flexibility index (Phi) is 3.33. The van der Waals surface area contributed by atoms with Gasteiger partial charge in [0.2, 0.25) is 0 Å². The van der Waals surface area contributed by atoms with Crippen molar-refractivity contribution in [3.63, 3.8) is 0 Å². The molecule has 2 rings (SSSR count). The molecule has 5 heteroatoms. The van der Waals surface area contributed by atoms with Gasteiger partial charge < -0.3 is 4.57 Å². The lowest BCUT2D eigenvalue weighted by atomic mass is 10.2. The van der Waals surface area contributed by atoms with Gasteiger partial charge >= 0.3 is 0 Å². The first-order chi connectivity index (χ1) is 7.74. The van der Waals surface area contributed by atoms with Gasteiger partial charge in [0.25, 0.3) is 0 Å². The van der Waals surface area contributed by atoms with Crippen molar-refractivity contribution >= 4 is 15.9 Å². The molecule has 84 valence electrons. The maximum Gasteiger partial charge on any atom is 0.166 e. The van der Waals surface area contributed by atoms with E-state index < -0.39 is 0 Å². The fourth-order valence-corrected chi connectivity index (χ4v) is 1.91. The zero-order valence-corrected chi connectivity index (χ0v) is 10.4. The van der Waals surface area contributed by atoms with Crippen LogP contribution < -0.4 is 0 Å². The van der Waals surface area contributed by atoms with Crippen molar-refractivity contribution in [3.8, 4) is 11.4 Å². The molecule has 0 radical (unpaired) electrons. The summed E-state index contributed by atoms with van der Waals surface area (Å²) in [5.74, 6) is 0.272. The summed E-state index contributed by atoms with van der Waals surface area (Å²) in [4.78, 5) is 0. The highest BCUT2D eigenvalue weighted by molar-refractivity contribution is 9.10. The number of aromatic nitrogens is 3. The van der Waals surface area contributed by atoms with Crippen molar-refractivity contribution in [1.29, 1.82) is 0 Å². The fraction of sp³-hybridized carbons (Fsp3) is 0.273. The lowest BCUT2D eigenvalue weighted by molar-refractivity contribution is 0.618. The van der Waals surface area contributed by atoms with Crippen LogP contribution in [0.3, 0.4) is 0 Å². The van der Waals surface area contributed by atoms with E-state index in [0.717, 1.165) is 13.0 Å². The van der Waals surface area contributed by atoms with Gasteiger partial charge in [0.05, 0.1) is 10.0 Å². The van der Waals surface area contributed by atoms with Crippen molar-refractivity contribution in [2.75, 3.05) is 0 Å². The van der Waals surface area contributed by atoms with Crippen LogP contribution in [0.2, 0.25) is 0 Å². The van der Waals surface area contributed by atoms with E-state index in [-0.39, 0.29) is 5.82 Å². The Labute approximate surface area is 101 Å². The summed E-state index contributed by atoms with van der Waals surface area (Å²) in [6, 6.07) is 5.16. The third kappa shape index (κ3) is 2.00. The number of hydrogen-bond acceptors (Lipinski definition) is 2.